The van der Waals surface area contributed by atoms with Gasteiger partial charge in [-0.15, -0.1) is 0 Å². The topological polar surface area (TPSA) is 32.0 Å². The Morgan fingerprint density at radius 3 is 3.00 bits per heavy atom. The van der Waals surface area contributed by atoms with Gasteiger partial charge in [0.25, 0.3) is 0 Å². The van der Waals surface area contributed by atoms with Gasteiger partial charge in [-0.25, -0.2) is 0 Å². The maximum atomic E-state index is 7.79. The number of nitrogens with zero attached hydrogens (tertiary/aromatic N) is 2. The van der Waals surface area contributed by atoms with E-state index in [1.807, 2.05) is 12.1 Å². The minimum Gasteiger partial charge on any atom is -0.343 e. The molecule has 2 aliphatic heterocycles. The van der Waals surface area contributed by atoms with Crippen LogP contribution in [0, 0.1) is 5.41 Å². The van der Waals surface area contributed by atoms with Crippen LogP contribution in [0.1, 0.15) is 30.8 Å². The zero-order chi connectivity index (χ0) is 10.4. The molecule has 3 heterocycles. The highest BCUT2D eigenvalue weighted by Gasteiger charge is 2.29. The molecular weight excluding hydrogens is 186 g/mol. The van der Waals surface area contributed by atoms with E-state index in [2.05, 4.69) is 16.4 Å². The van der Waals surface area contributed by atoms with E-state index in [1.165, 1.54) is 24.4 Å². The molecule has 0 amide bonds. The number of nitrogens with one attached hydrogen (secondary N) is 1. The quantitative estimate of drug-likeness (QED) is 0.733. The maximum absolute atomic E-state index is 7.79. The van der Waals surface area contributed by atoms with Crippen molar-refractivity contribution >= 4 is 0 Å². The largest absolute Gasteiger partial charge is 0.343 e. The Balaban J connectivity index is 2.13. The number of likely N-dealkylation sites (N-methyl/N-ethyl adjacent to an activating group) is 1. The Kier molecular flexibility index (Phi) is 1.96. The molecular formula is C12H17N3. The Labute approximate surface area is 89.8 Å². The van der Waals surface area contributed by atoms with Crippen LogP contribution in [0.5, 0.6) is 0 Å². The van der Waals surface area contributed by atoms with Crippen molar-refractivity contribution in [1.82, 2.24) is 9.47 Å². The standard InChI is InChI=1S/C12H17N3/c1-2-14-7-11-4-3-10-5-9(13)6-12(8-14)15(10)11/h5-6,11,13H,2-4,7-8H2,1H3. The molecule has 0 radical (unpaired) electrons. The van der Waals surface area contributed by atoms with Crippen LogP contribution in [0.3, 0.4) is 0 Å². The van der Waals surface area contributed by atoms with Crippen LogP contribution in [-0.4, -0.2) is 22.6 Å². The molecule has 3 nitrogen and oxygen atoms in total. The van der Waals surface area contributed by atoms with E-state index in [-0.39, 0.29) is 0 Å². The molecule has 1 unspecified atom stereocenters. The molecule has 1 aromatic rings. The molecule has 0 fully saturated rings. The van der Waals surface area contributed by atoms with E-state index < -0.39 is 0 Å². The first-order chi connectivity index (χ1) is 7.28. The third-order valence-corrected chi connectivity index (χ3v) is 3.66. The van der Waals surface area contributed by atoms with Crippen molar-refractivity contribution in [1.29, 1.82) is 5.41 Å². The fraction of sp³-hybridized carbons (Fsp3) is 0.583. The van der Waals surface area contributed by atoms with E-state index in [9.17, 15) is 0 Å². The summed E-state index contributed by atoms with van der Waals surface area (Å²) in [6.45, 7) is 5.55. The predicted octanol–water partition coefficient (Wildman–Crippen LogP) is 1.29. The highest BCUT2D eigenvalue weighted by atomic mass is 15.2. The summed E-state index contributed by atoms with van der Waals surface area (Å²) in [4.78, 5) is 2.48. The molecule has 1 aromatic heterocycles. The summed E-state index contributed by atoms with van der Waals surface area (Å²) < 4.78 is 2.48. The van der Waals surface area contributed by atoms with Gasteiger partial charge in [0.05, 0.1) is 5.36 Å². The second-order valence-corrected chi connectivity index (χ2v) is 4.62. The Morgan fingerprint density at radius 1 is 1.40 bits per heavy atom. The summed E-state index contributed by atoms with van der Waals surface area (Å²) in [5, 5.41) is 8.46. The number of pyridine rings is 1. The van der Waals surface area contributed by atoms with E-state index in [0.29, 0.717) is 11.4 Å². The minimum atomic E-state index is 0.671. The smallest absolute Gasteiger partial charge is 0.0575 e. The predicted molar refractivity (Wildman–Crippen MR) is 58.6 cm³/mol. The van der Waals surface area contributed by atoms with Gasteiger partial charge in [0.2, 0.25) is 0 Å². The maximum Gasteiger partial charge on any atom is 0.0575 e. The zero-order valence-corrected chi connectivity index (χ0v) is 9.16. The van der Waals surface area contributed by atoms with Crippen molar-refractivity contribution in [2.75, 3.05) is 13.1 Å². The molecule has 0 aliphatic carbocycles. The molecule has 0 bridgehead atoms. The van der Waals surface area contributed by atoms with Crippen molar-refractivity contribution in [2.45, 2.75) is 32.4 Å². The summed E-state index contributed by atoms with van der Waals surface area (Å²) in [6, 6.07) is 4.73. The van der Waals surface area contributed by atoms with Gasteiger partial charge in [0, 0.05) is 30.5 Å². The van der Waals surface area contributed by atoms with Crippen LogP contribution in [0.25, 0.3) is 0 Å². The Hall–Kier alpha value is -1.09. The van der Waals surface area contributed by atoms with E-state index in [1.54, 1.807) is 0 Å². The van der Waals surface area contributed by atoms with Crippen LogP contribution in [0.2, 0.25) is 0 Å². The second-order valence-electron chi connectivity index (χ2n) is 4.62. The molecule has 0 aromatic carbocycles. The van der Waals surface area contributed by atoms with Crippen LogP contribution < -0.4 is 5.36 Å². The summed E-state index contributed by atoms with van der Waals surface area (Å²) >= 11 is 0. The summed E-state index contributed by atoms with van der Waals surface area (Å²) in [5.41, 5.74) is 2.71. The lowest BCUT2D eigenvalue weighted by Crippen LogP contribution is -2.37. The van der Waals surface area contributed by atoms with Gasteiger partial charge in [-0.1, -0.05) is 6.92 Å². The number of aromatic nitrogens is 1. The minimum absolute atomic E-state index is 0.671. The SMILES string of the molecule is CCN1Cc2cc(=N)cc3n2C(CC3)C1. The third kappa shape index (κ3) is 1.34. The molecule has 2 aliphatic rings. The Morgan fingerprint density at radius 2 is 2.20 bits per heavy atom. The first-order valence-electron chi connectivity index (χ1n) is 5.79. The van der Waals surface area contributed by atoms with Gasteiger partial charge >= 0.3 is 0 Å². The number of hydrogen-bond donors (Lipinski definition) is 1. The fourth-order valence-corrected chi connectivity index (χ4v) is 2.96. The molecule has 0 spiro atoms. The monoisotopic (exact) mass is 203 g/mol. The molecule has 3 rings (SSSR count). The third-order valence-electron chi connectivity index (χ3n) is 3.66. The lowest BCUT2D eigenvalue weighted by atomic mass is 10.1. The first kappa shape index (κ1) is 9.16. The van der Waals surface area contributed by atoms with Gasteiger partial charge in [-0.3, -0.25) is 4.90 Å². The van der Waals surface area contributed by atoms with Crippen LogP contribution in [0.4, 0.5) is 0 Å². The average Bonchev–Trinajstić information content (AvgIpc) is 2.62. The van der Waals surface area contributed by atoms with Crippen molar-refractivity contribution in [2.24, 2.45) is 0 Å². The summed E-state index contributed by atoms with van der Waals surface area (Å²) in [7, 11) is 0. The van der Waals surface area contributed by atoms with E-state index in [4.69, 9.17) is 5.41 Å². The molecule has 1 atom stereocenters. The highest BCUT2D eigenvalue weighted by Crippen LogP contribution is 2.31. The van der Waals surface area contributed by atoms with Crippen LogP contribution in [-0.2, 0) is 13.0 Å². The molecule has 0 saturated heterocycles. The number of hydrogen-bond acceptors (Lipinski definition) is 2. The van der Waals surface area contributed by atoms with Crippen molar-refractivity contribution in [3.63, 3.8) is 0 Å². The summed E-state index contributed by atoms with van der Waals surface area (Å²) in [5.74, 6) is 0. The highest BCUT2D eigenvalue weighted by molar-refractivity contribution is 5.20. The molecule has 15 heavy (non-hydrogen) atoms. The van der Waals surface area contributed by atoms with E-state index in [0.717, 1.165) is 19.5 Å². The van der Waals surface area contributed by atoms with Crippen molar-refractivity contribution in [3.05, 3.63) is 28.9 Å². The molecule has 1 N–H and O–H groups in total. The summed E-state index contributed by atoms with van der Waals surface area (Å²) in [6.07, 6.45) is 2.41. The molecule has 0 saturated carbocycles. The Bertz CT molecular complexity index is 447. The van der Waals surface area contributed by atoms with Gasteiger partial charge in [0.1, 0.15) is 0 Å². The molecule has 3 heteroatoms. The zero-order valence-electron chi connectivity index (χ0n) is 9.16. The van der Waals surface area contributed by atoms with Gasteiger partial charge in [0.15, 0.2) is 0 Å². The van der Waals surface area contributed by atoms with E-state index >= 15 is 0 Å². The lowest BCUT2D eigenvalue weighted by Gasteiger charge is -2.33. The van der Waals surface area contributed by atoms with Crippen LogP contribution in [0.15, 0.2) is 12.1 Å². The first-order valence-corrected chi connectivity index (χ1v) is 5.79. The van der Waals surface area contributed by atoms with Gasteiger partial charge in [-0.05, 0) is 31.5 Å². The van der Waals surface area contributed by atoms with Crippen molar-refractivity contribution < 1.29 is 0 Å². The van der Waals surface area contributed by atoms with Crippen molar-refractivity contribution in [3.8, 4) is 0 Å². The van der Waals surface area contributed by atoms with Crippen LogP contribution >= 0.6 is 0 Å². The second kappa shape index (κ2) is 3.20. The number of aryl methyl sites for hydroxylation is 1. The average molecular weight is 203 g/mol. The lowest BCUT2D eigenvalue weighted by molar-refractivity contribution is 0.197. The number of rotatable bonds is 1. The normalized spacial score (nSPS) is 24.2. The molecule has 80 valence electrons. The van der Waals surface area contributed by atoms with Gasteiger partial charge in [-0.2, -0.15) is 0 Å². The van der Waals surface area contributed by atoms with Gasteiger partial charge < -0.3 is 9.98 Å². The fourth-order valence-electron chi connectivity index (χ4n) is 2.96.